The van der Waals surface area contributed by atoms with Gasteiger partial charge in [0, 0.05) is 24.4 Å². The fraction of sp³-hybridized carbons (Fsp3) is 0.167. The number of nitrogens with one attached hydrogen (secondary N) is 1. The van der Waals surface area contributed by atoms with Gasteiger partial charge in [-0.15, -0.1) is 0 Å². The second-order valence-corrected chi connectivity index (χ2v) is 9.24. The first-order valence-corrected chi connectivity index (χ1v) is 12.0. The van der Waals surface area contributed by atoms with Crippen molar-refractivity contribution < 1.29 is 27.7 Å². The number of carbonyl (C=O) groups excluding carboxylic acids is 2. The van der Waals surface area contributed by atoms with E-state index in [0.29, 0.717) is 5.69 Å². The SMILES string of the molecule is CCN(c1ccccc1)S(=O)(=O)c1ccc(C(=O)O[C@H](C)C(=O)Nc2cccc([N+](=O)[O-])c2)cc1. The van der Waals surface area contributed by atoms with Crippen LogP contribution in [0.25, 0.3) is 0 Å². The summed E-state index contributed by atoms with van der Waals surface area (Å²) in [6.45, 7) is 3.28. The molecule has 0 bridgehead atoms. The van der Waals surface area contributed by atoms with Crippen LogP contribution in [0.4, 0.5) is 17.1 Å². The number of sulfonamides is 1. The van der Waals surface area contributed by atoms with Gasteiger partial charge in [0.25, 0.3) is 21.6 Å². The van der Waals surface area contributed by atoms with Gasteiger partial charge < -0.3 is 10.1 Å². The molecule has 1 N–H and O–H groups in total. The van der Waals surface area contributed by atoms with Gasteiger partial charge >= 0.3 is 5.97 Å². The average Bonchev–Trinajstić information content (AvgIpc) is 2.85. The molecule has 3 aromatic rings. The number of carbonyl (C=O) groups is 2. The summed E-state index contributed by atoms with van der Waals surface area (Å²) in [5, 5.41) is 13.3. The Balaban J connectivity index is 1.68. The van der Waals surface area contributed by atoms with Crippen LogP contribution in [0.3, 0.4) is 0 Å². The molecule has 0 radical (unpaired) electrons. The van der Waals surface area contributed by atoms with Crippen LogP contribution >= 0.6 is 0 Å². The minimum absolute atomic E-state index is 0.00350. The maximum absolute atomic E-state index is 13.1. The third kappa shape index (κ3) is 6.01. The van der Waals surface area contributed by atoms with E-state index in [9.17, 15) is 28.1 Å². The number of nitrogens with zero attached hydrogens (tertiary/aromatic N) is 2. The summed E-state index contributed by atoms with van der Waals surface area (Å²) in [5.74, 6) is -1.51. The molecule has 182 valence electrons. The van der Waals surface area contributed by atoms with Crippen molar-refractivity contribution in [1.29, 1.82) is 0 Å². The zero-order chi connectivity index (χ0) is 25.6. The molecule has 3 rings (SSSR count). The normalized spacial score (nSPS) is 11.8. The van der Waals surface area contributed by atoms with Crippen LogP contribution in [0.2, 0.25) is 0 Å². The molecule has 10 nitrogen and oxygen atoms in total. The molecule has 0 aliphatic heterocycles. The van der Waals surface area contributed by atoms with E-state index in [4.69, 9.17) is 4.74 Å². The predicted octanol–water partition coefficient (Wildman–Crippen LogP) is 3.99. The van der Waals surface area contributed by atoms with Gasteiger partial charge in [0.15, 0.2) is 6.10 Å². The van der Waals surface area contributed by atoms with Gasteiger partial charge in [0.1, 0.15) is 0 Å². The topological polar surface area (TPSA) is 136 Å². The standard InChI is InChI=1S/C24H23N3O7S/c1-3-26(20-9-5-4-6-10-20)35(32,33)22-14-12-18(13-15-22)24(29)34-17(2)23(28)25-19-8-7-11-21(16-19)27(30)31/h4-17H,3H2,1-2H3,(H,25,28)/t17-/m1/s1. The molecule has 11 heteroatoms. The Morgan fingerprint density at radius 2 is 1.69 bits per heavy atom. The Hall–Kier alpha value is -4.25. The van der Waals surface area contributed by atoms with Gasteiger partial charge in [-0.25, -0.2) is 13.2 Å². The predicted molar refractivity (Wildman–Crippen MR) is 130 cm³/mol. The van der Waals surface area contributed by atoms with Crippen LogP contribution < -0.4 is 9.62 Å². The van der Waals surface area contributed by atoms with Crippen LogP contribution in [0, 0.1) is 10.1 Å². The number of hydrogen-bond acceptors (Lipinski definition) is 7. The molecule has 1 atom stereocenters. The second-order valence-electron chi connectivity index (χ2n) is 7.37. The molecule has 0 heterocycles. The number of ether oxygens (including phenoxy) is 1. The van der Waals surface area contributed by atoms with E-state index in [-0.39, 0.29) is 28.4 Å². The lowest BCUT2D eigenvalue weighted by Crippen LogP contribution is -2.31. The molecule has 3 aromatic carbocycles. The highest BCUT2D eigenvalue weighted by molar-refractivity contribution is 7.92. The van der Waals surface area contributed by atoms with Crippen molar-refractivity contribution in [1.82, 2.24) is 0 Å². The van der Waals surface area contributed by atoms with Crippen molar-refractivity contribution in [3.8, 4) is 0 Å². The summed E-state index contributed by atoms with van der Waals surface area (Å²) in [7, 11) is -3.86. The van der Waals surface area contributed by atoms with Crippen molar-refractivity contribution in [2.75, 3.05) is 16.2 Å². The molecule has 0 aliphatic carbocycles. The number of benzene rings is 3. The zero-order valence-electron chi connectivity index (χ0n) is 19.0. The minimum Gasteiger partial charge on any atom is -0.449 e. The van der Waals surface area contributed by atoms with Gasteiger partial charge in [-0.3, -0.25) is 19.2 Å². The fourth-order valence-electron chi connectivity index (χ4n) is 3.20. The largest absolute Gasteiger partial charge is 0.449 e. The van der Waals surface area contributed by atoms with Crippen LogP contribution in [-0.4, -0.2) is 37.9 Å². The molecule has 0 fully saturated rings. The maximum atomic E-state index is 13.1. The van der Waals surface area contributed by atoms with E-state index >= 15 is 0 Å². The number of hydrogen-bond donors (Lipinski definition) is 1. The maximum Gasteiger partial charge on any atom is 0.338 e. The molecule has 0 spiro atoms. The summed E-state index contributed by atoms with van der Waals surface area (Å²) < 4.78 is 32.6. The number of nitro benzene ring substituents is 1. The highest BCUT2D eigenvalue weighted by Crippen LogP contribution is 2.24. The van der Waals surface area contributed by atoms with Crippen molar-refractivity contribution >= 4 is 39.0 Å². The van der Waals surface area contributed by atoms with Crippen LogP contribution in [-0.2, 0) is 19.6 Å². The first kappa shape index (κ1) is 25.4. The van der Waals surface area contributed by atoms with Crippen molar-refractivity contribution in [3.63, 3.8) is 0 Å². The minimum atomic E-state index is -3.86. The van der Waals surface area contributed by atoms with Gasteiger partial charge in [-0.05, 0) is 56.3 Å². The average molecular weight is 498 g/mol. The molecule has 0 saturated heterocycles. The van der Waals surface area contributed by atoms with E-state index in [0.717, 1.165) is 0 Å². The molecular weight excluding hydrogens is 474 g/mol. The monoisotopic (exact) mass is 497 g/mol. The highest BCUT2D eigenvalue weighted by Gasteiger charge is 2.25. The van der Waals surface area contributed by atoms with E-state index in [1.165, 1.54) is 59.8 Å². The molecule has 0 aromatic heterocycles. The van der Waals surface area contributed by atoms with Gasteiger partial charge in [0.05, 0.1) is 21.1 Å². The number of para-hydroxylation sites is 1. The second kappa shape index (κ2) is 10.8. The van der Waals surface area contributed by atoms with Gasteiger partial charge in [-0.1, -0.05) is 24.3 Å². The number of rotatable bonds is 9. The number of esters is 1. The third-order valence-corrected chi connectivity index (χ3v) is 6.90. The summed E-state index contributed by atoms with van der Waals surface area (Å²) in [5.41, 5.74) is 0.556. The lowest BCUT2D eigenvalue weighted by molar-refractivity contribution is -0.384. The Bertz CT molecular complexity index is 1330. The number of amides is 1. The molecule has 1 amide bonds. The smallest absolute Gasteiger partial charge is 0.338 e. The zero-order valence-corrected chi connectivity index (χ0v) is 19.8. The number of nitro groups is 1. The first-order valence-electron chi connectivity index (χ1n) is 10.6. The number of anilines is 2. The summed E-state index contributed by atoms with van der Waals surface area (Å²) in [6, 6.07) is 19.2. The van der Waals surface area contributed by atoms with Gasteiger partial charge in [-0.2, -0.15) is 0 Å². The molecule has 0 saturated carbocycles. The Morgan fingerprint density at radius 3 is 2.29 bits per heavy atom. The fourth-order valence-corrected chi connectivity index (χ4v) is 4.67. The summed E-state index contributed by atoms with van der Waals surface area (Å²) >= 11 is 0. The third-order valence-electron chi connectivity index (χ3n) is 4.99. The Labute approximate surface area is 202 Å². The van der Waals surface area contributed by atoms with Crippen molar-refractivity contribution in [3.05, 3.63) is 94.5 Å². The highest BCUT2D eigenvalue weighted by atomic mass is 32.2. The van der Waals surface area contributed by atoms with E-state index in [1.807, 2.05) is 0 Å². The van der Waals surface area contributed by atoms with Gasteiger partial charge in [0.2, 0.25) is 0 Å². The van der Waals surface area contributed by atoms with E-state index < -0.39 is 32.9 Å². The van der Waals surface area contributed by atoms with Crippen LogP contribution in [0.1, 0.15) is 24.2 Å². The Kier molecular flexibility index (Phi) is 7.82. The summed E-state index contributed by atoms with van der Waals surface area (Å²) in [4.78, 5) is 35.1. The molecule has 0 aliphatic rings. The number of non-ortho nitro benzene ring substituents is 1. The molecular formula is C24H23N3O7S. The first-order chi connectivity index (χ1) is 16.6. The van der Waals surface area contributed by atoms with Crippen LogP contribution in [0.15, 0.2) is 83.8 Å². The lowest BCUT2D eigenvalue weighted by Gasteiger charge is -2.23. The van der Waals surface area contributed by atoms with Crippen LogP contribution in [0.5, 0.6) is 0 Å². The van der Waals surface area contributed by atoms with Crippen molar-refractivity contribution in [2.24, 2.45) is 0 Å². The lowest BCUT2D eigenvalue weighted by atomic mass is 10.2. The van der Waals surface area contributed by atoms with E-state index in [2.05, 4.69) is 5.32 Å². The van der Waals surface area contributed by atoms with Crippen molar-refractivity contribution in [2.45, 2.75) is 24.8 Å². The molecule has 35 heavy (non-hydrogen) atoms. The Morgan fingerprint density at radius 1 is 1.03 bits per heavy atom. The summed E-state index contributed by atoms with van der Waals surface area (Å²) in [6.07, 6.45) is -1.21. The van der Waals surface area contributed by atoms with E-state index in [1.54, 1.807) is 37.3 Å². The quantitative estimate of drug-likeness (QED) is 0.268. The molecule has 0 unspecified atom stereocenters.